The summed E-state index contributed by atoms with van der Waals surface area (Å²) < 4.78 is 6.14. The number of carbonyl (C=O) groups is 1. The van der Waals surface area contributed by atoms with Crippen LogP contribution in [-0.4, -0.2) is 26.5 Å². The molecule has 0 bridgehead atoms. The van der Waals surface area contributed by atoms with Crippen LogP contribution in [0.1, 0.15) is 16.8 Å². The normalized spacial score (nSPS) is 10.2. The van der Waals surface area contributed by atoms with Crippen LogP contribution >= 0.6 is 15.9 Å². The number of methoxy groups -OCH3 is 1. The van der Waals surface area contributed by atoms with Crippen molar-refractivity contribution in [2.45, 2.75) is 6.42 Å². The summed E-state index contributed by atoms with van der Waals surface area (Å²) in [6.45, 7) is 0.665. The third-order valence-corrected chi connectivity index (χ3v) is 3.81. The maximum atomic E-state index is 12.2. The molecule has 2 aromatic carbocycles. The first-order chi connectivity index (χ1) is 10.1. The predicted molar refractivity (Wildman–Crippen MR) is 89.4 cm³/mol. The van der Waals surface area contributed by atoms with Crippen LogP contribution in [0.15, 0.2) is 53.0 Å². The molecule has 0 heterocycles. The van der Waals surface area contributed by atoms with Crippen LogP contribution in [0.3, 0.4) is 0 Å². The van der Waals surface area contributed by atoms with Crippen LogP contribution in [0.25, 0.3) is 0 Å². The molecule has 0 aliphatic heterocycles. The molecule has 0 aliphatic rings. The lowest BCUT2D eigenvalue weighted by molar-refractivity contribution is 0.0985. The van der Waals surface area contributed by atoms with Crippen molar-refractivity contribution >= 4 is 27.4 Å². The molecule has 0 saturated carbocycles. The van der Waals surface area contributed by atoms with Gasteiger partial charge in [-0.25, -0.2) is 0 Å². The van der Waals surface area contributed by atoms with Crippen LogP contribution in [0.4, 0.5) is 5.69 Å². The fraction of sp³-hybridized carbons (Fsp3) is 0.235. The van der Waals surface area contributed by atoms with Gasteiger partial charge in [0.2, 0.25) is 0 Å². The lowest BCUT2D eigenvalue weighted by Crippen LogP contribution is -2.21. The van der Waals surface area contributed by atoms with Gasteiger partial charge >= 0.3 is 0 Å². The number of halogens is 1. The number of benzene rings is 2. The molecular formula is C17H18BrNO2. The average molecular weight is 348 g/mol. The summed E-state index contributed by atoms with van der Waals surface area (Å²) >= 11 is 3.39. The number of hydrogen-bond donors (Lipinski definition) is 0. The maximum Gasteiger partial charge on any atom is 0.164 e. The number of rotatable bonds is 6. The summed E-state index contributed by atoms with van der Waals surface area (Å²) in [5.74, 6) is 0.962. The van der Waals surface area contributed by atoms with Crippen LogP contribution in [0.5, 0.6) is 5.75 Å². The molecule has 2 rings (SSSR count). The Hall–Kier alpha value is -1.81. The van der Waals surface area contributed by atoms with E-state index in [4.69, 9.17) is 4.74 Å². The Morgan fingerprint density at radius 1 is 1.19 bits per heavy atom. The van der Waals surface area contributed by atoms with E-state index in [-0.39, 0.29) is 5.78 Å². The topological polar surface area (TPSA) is 29.5 Å². The van der Waals surface area contributed by atoms with Crippen molar-refractivity contribution in [3.63, 3.8) is 0 Å². The van der Waals surface area contributed by atoms with Crippen molar-refractivity contribution in [3.8, 4) is 5.75 Å². The fourth-order valence-corrected chi connectivity index (χ4v) is 2.45. The molecule has 0 amide bonds. The third kappa shape index (κ3) is 4.33. The maximum absolute atomic E-state index is 12.2. The van der Waals surface area contributed by atoms with Crippen molar-refractivity contribution in [1.82, 2.24) is 0 Å². The van der Waals surface area contributed by atoms with Crippen LogP contribution in [0, 0.1) is 0 Å². The number of hydrogen-bond acceptors (Lipinski definition) is 3. The van der Waals surface area contributed by atoms with Gasteiger partial charge in [-0.15, -0.1) is 0 Å². The second-order valence-corrected chi connectivity index (χ2v) is 5.72. The van der Waals surface area contributed by atoms with E-state index < -0.39 is 0 Å². The third-order valence-electron chi connectivity index (χ3n) is 3.31. The van der Waals surface area contributed by atoms with Gasteiger partial charge in [0.15, 0.2) is 5.78 Å². The molecule has 0 radical (unpaired) electrons. The molecule has 110 valence electrons. The van der Waals surface area contributed by atoms with Gasteiger partial charge in [0, 0.05) is 41.8 Å². The zero-order valence-electron chi connectivity index (χ0n) is 12.2. The number of Topliss-reactive ketones (excluding diaryl/α,β-unsaturated/α-hetero) is 1. The second kappa shape index (κ2) is 7.27. The lowest BCUT2D eigenvalue weighted by Gasteiger charge is -2.19. The van der Waals surface area contributed by atoms with Crippen LogP contribution in [-0.2, 0) is 0 Å². The monoisotopic (exact) mass is 347 g/mol. The summed E-state index contributed by atoms with van der Waals surface area (Å²) in [4.78, 5) is 14.2. The second-order valence-electron chi connectivity index (χ2n) is 4.81. The minimum absolute atomic E-state index is 0.144. The highest BCUT2D eigenvalue weighted by Crippen LogP contribution is 2.20. The van der Waals surface area contributed by atoms with E-state index in [0.29, 0.717) is 13.0 Å². The van der Waals surface area contributed by atoms with Gasteiger partial charge in [0.25, 0.3) is 0 Å². The van der Waals surface area contributed by atoms with Gasteiger partial charge in [0.1, 0.15) is 5.75 Å². The van der Waals surface area contributed by atoms with Gasteiger partial charge in [0.05, 0.1) is 7.11 Å². The number of ketones is 1. The van der Waals surface area contributed by atoms with Gasteiger partial charge < -0.3 is 9.64 Å². The van der Waals surface area contributed by atoms with Crippen LogP contribution in [0.2, 0.25) is 0 Å². The zero-order valence-corrected chi connectivity index (χ0v) is 13.8. The first kappa shape index (κ1) is 15.6. The highest BCUT2D eigenvalue weighted by molar-refractivity contribution is 9.10. The van der Waals surface area contributed by atoms with Crippen molar-refractivity contribution < 1.29 is 9.53 Å². The van der Waals surface area contributed by atoms with E-state index in [2.05, 4.69) is 20.8 Å². The molecule has 0 aromatic heterocycles. The Morgan fingerprint density at radius 2 is 1.95 bits per heavy atom. The Kier molecular flexibility index (Phi) is 5.39. The molecule has 0 saturated heterocycles. The minimum atomic E-state index is 0.144. The minimum Gasteiger partial charge on any atom is -0.497 e. The van der Waals surface area contributed by atoms with E-state index in [9.17, 15) is 4.79 Å². The SMILES string of the molecule is COc1cccc(N(C)CCC(=O)c2cccc(Br)c2)c1. The molecule has 0 aliphatic carbocycles. The molecule has 21 heavy (non-hydrogen) atoms. The average Bonchev–Trinajstić information content (AvgIpc) is 2.52. The molecule has 2 aromatic rings. The molecule has 4 heteroatoms. The quantitative estimate of drug-likeness (QED) is 0.734. The van der Waals surface area contributed by atoms with E-state index in [1.165, 1.54) is 0 Å². The first-order valence-electron chi connectivity index (χ1n) is 6.74. The smallest absolute Gasteiger partial charge is 0.164 e. The Labute approximate surface area is 133 Å². The number of nitrogens with zero attached hydrogens (tertiary/aromatic N) is 1. The Bertz CT molecular complexity index is 628. The predicted octanol–water partition coefficient (Wildman–Crippen LogP) is 4.17. The van der Waals surface area contributed by atoms with E-state index >= 15 is 0 Å². The highest BCUT2D eigenvalue weighted by Gasteiger charge is 2.09. The largest absolute Gasteiger partial charge is 0.497 e. The van der Waals surface area contributed by atoms with Crippen molar-refractivity contribution in [2.24, 2.45) is 0 Å². The zero-order chi connectivity index (χ0) is 15.2. The van der Waals surface area contributed by atoms with Gasteiger partial charge in [-0.2, -0.15) is 0 Å². The van der Waals surface area contributed by atoms with Gasteiger partial charge in [-0.3, -0.25) is 4.79 Å². The highest BCUT2D eigenvalue weighted by atomic mass is 79.9. The lowest BCUT2D eigenvalue weighted by atomic mass is 10.1. The van der Waals surface area contributed by atoms with Gasteiger partial charge in [-0.05, 0) is 24.3 Å². The fourth-order valence-electron chi connectivity index (χ4n) is 2.05. The standard InChI is InChI=1S/C17H18BrNO2/c1-19(15-7-4-8-16(12-15)21-2)10-9-17(20)13-5-3-6-14(18)11-13/h3-8,11-12H,9-10H2,1-2H3. The summed E-state index contributed by atoms with van der Waals surface area (Å²) in [5.41, 5.74) is 1.78. The van der Waals surface area contributed by atoms with E-state index in [1.54, 1.807) is 7.11 Å². The molecule has 3 nitrogen and oxygen atoms in total. The Morgan fingerprint density at radius 3 is 2.67 bits per heavy atom. The summed E-state index contributed by atoms with van der Waals surface area (Å²) in [6.07, 6.45) is 0.476. The summed E-state index contributed by atoms with van der Waals surface area (Å²) in [5, 5.41) is 0. The van der Waals surface area contributed by atoms with E-state index in [0.717, 1.165) is 21.5 Å². The number of carbonyl (C=O) groups excluding carboxylic acids is 1. The van der Waals surface area contributed by atoms with Crippen LogP contribution < -0.4 is 9.64 Å². The number of anilines is 1. The van der Waals surface area contributed by atoms with Crippen molar-refractivity contribution in [1.29, 1.82) is 0 Å². The Balaban J connectivity index is 1.97. The molecule has 0 unspecified atom stereocenters. The molecule has 0 atom stereocenters. The summed E-state index contributed by atoms with van der Waals surface area (Å²) in [6, 6.07) is 15.3. The van der Waals surface area contributed by atoms with Crippen molar-refractivity contribution in [3.05, 3.63) is 58.6 Å². The molecule has 0 spiro atoms. The molecular weight excluding hydrogens is 330 g/mol. The van der Waals surface area contributed by atoms with E-state index in [1.807, 2.05) is 55.6 Å². The first-order valence-corrected chi connectivity index (χ1v) is 7.53. The van der Waals surface area contributed by atoms with Gasteiger partial charge in [-0.1, -0.05) is 34.1 Å². The van der Waals surface area contributed by atoms with Crippen molar-refractivity contribution in [2.75, 3.05) is 25.6 Å². The molecule has 0 fully saturated rings. The molecule has 0 N–H and O–H groups in total. The summed E-state index contributed by atoms with van der Waals surface area (Å²) in [7, 11) is 3.62. The number of ether oxygens (including phenoxy) is 1.